The van der Waals surface area contributed by atoms with Crippen LogP contribution in [-0.2, 0) is 25.9 Å². The molecule has 2 aromatic carbocycles. The molecule has 0 aliphatic heterocycles. The van der Waals surface area contributed by atoms with E-state index in [1.54, 1.807) is 0 Å². The molecule has 0 radical (unpaired) electrons. The van der Waals surface area contributed by atoms with Gasteiger partial charge in [0.2, 0.25) is 6.33 Å². The van der Waals surface area contributed by atoms with Crippen LogP contribution in [0.25, 0.3) is 0 Å². The van der Waals surface area contributed by atoms with Crippen molar-refractivity contribution in [1.29, 1.82) is 0 Å². The standard InChI is InChI=1S/C25H33N2.ClH/c1-3-5-7-22-9-13-24(14-10-22)19-26-17-18-27(21-26)20-25-15-11-23(12-16-25)8-6-4-2;/h9-18,21H,3-8,19-20H2,1-2H3;1H/q+1;/p-1. The van der Waals surface area contributed by atoms with Gasteiger partial charge in [0.25, 0.3) is 0 Å². The summed E-state index contributed by atoms with van der Waals surface area (Å²) in [6.45, 7) is 6.35. The lowest BCUT2D eigenvalue weighted by atomic mass is 10.1. The molecule has 2 nitrogen and oxygen atoms in total. The molecule has 1 aromatic heterocycles. The highest BCUT2D eigenvalue weighted by molar-refractivity contribution is 5.23. The van der Waals surface area contributed by atoms with E-state index in [-0.39, 0.29) is 12.4 Å². The second kappa shape index (κ2) is 11.7. The van der Waals surface area contributed by atoms with Gasteiger partial charge in [-0.25, -0.2) is 9.13 Å². The Balaban J connectivity index is 0.00000280. The highest BCUT2D eigenvalue weighted by Crippen LogP contribution is 2.10. The first-order valence-corrected chi connectivity index (χ1v) is 10.5. The first kappa shape index (κ1) is 22.2. The second-order valence-corrected chi connectivity index (χ2v) is 7.60. The fourth-order valence-electron chi connectivity index (χ4n) is 3.43. The van der Waals surface area contributed by atoms with E-state index >= 15 is 0 Å². The Kier molecular flexibility index (Phi) is 9.30. The average molecular weight is 397 g/mol. The number of unbranched alkanes of at least 4 members (excludes halogenated alkanes) is 2. The quantitative estimate of drug-likeness (QED) is 0.466. The molecular formula is C25H33ClN2. The van der Waals surface area contributed by atoms with Crippen LogP contribution in [-0.4, -0.2) is 4.57 Å². The molecule has 0 unspecified atom stereocenters. The van der Waals surface area contributed by atoms with Gasteiger partial charge in [0.1, 0.15) is 25.5 Å². The number of nitrogens with zero attached hydrogens (tertiary/aromatic N) is 2. The van der Waals surface area contributed by atoms with E-state index in [4.69, 9.17) is 0 Å². The van der Waals surface area contributed by atoms with E-state index < -0.39 is 0 Å². The normalized spacial score (nSPS) is 10.6. The summed E-state index contributed by atoms with van der Waals surface area (Å²) < 4.78 is 4.52. The molecule has 0 atom stereocenters. The first-order valence-electron chi connectivity index (χ1n) is 10.5. The lowest BCUT2D eigenvalue weighted by molar-refractivity contribution is -0.687. The van der Waals surface area contributed by atoms with E-state index in [2.05, 4.69) is 90.2 Å². The first-order chi connectivity index (χ1) is 13.3. The third-order valence-electron chi connectivity index (χ3n) is 5.16. The summed E-state index contributed by atoms with van der Waals surface area (Å²) in [6, 6.07) is 18.2. The van der Waals surface area contributed by atoms with Crippen molar-refractivity contribution in [1.82, 2.24) is 4.57 Å². The zero-order valence-electron chi connectivity index (χ0n) is 17.3. The average Bonchev–Trinajstić information content (AvgIpc) is 3.13. The molecule has 28 heavy (non-hydrogen) atoms. The van der Waals surface area contributed by atoms with Crippen LogP contribution < -0.4 is 17.0 Å². The monoisotopic (exact) mass is 396 g/mol. The molecule has 0 saturated heterocycles. The van der Waals surface area contributed by atoms with E-state index in [1.807, 2.05) is 0 Å². The van der Waals surface area contributed by atoms with Crippen molar-refractivity contribution in [3.63, 3.8) is 0 Å². The molecule has 0 fully saturated rings. The number of rotatable bonds is 10. The minimum Gasteiger partial charge on any atom is -1.00 e. The van der Waals surface area contributed by atoms with Crippen molar-refractivity contribution in [3.05, 3.63) is 89.5 Å². The lowest BCUT2D eigenvalue weighted by Crippen LogP contribution is -3.00. The number of aromatic nitrogens is 2. The minimum absolute atomic E-state index is 0. The molecule has 3 aromatic rings. The Morgan fingerprint density at radius 1 is 0.714 bits per heavy atom. The van der Waals surface area contributed by atoms with Gasteiger partial charge in [0, 0.05) is 0 Å². The van der Waals surface area contributed by atoms with E-state index in [0.29, 0.717) is 0 Å². The van der Waals surface area contributed by atoms with Crippen molar-refractivity contribution in [3.8, 4) is 0 Å². The molecule has 3 heteroatoms. The minimum atomic E-state index is 0. The summed E-state index contributed by atoms with van der Waals surface area (Å²) >= 11 is 0. The van der Waals surface area contributed by atoms with E-state index in [9.17, 15) is 0 Å². The zero-order valence-corrected chi connectivity index (χ0v) is 18.0. The highest BCUT2D eigenvalue weighted by atomic mass is 35.5. The van der Waals surface area contributed by atoms with Crippen molar-refractivity contribution < 1.29 is 17.0 Å². The topological polar surface area (TPSA) is 8.81 Å². The number of hydrogen-bond donors (Lipinski definition) is 0. The lowest BCUT2D eigenvalue weighted by Gasteiger charge is -2.03. The zero-order chi connectivity index (χ0) is 18.9. The molecule has 0 N–H and O–H groups in total. The van der Waals surface area contributed by atoms with Gasteiger partial charge < -0.3 is 12.4 Å². The van der Waals surface area contributed by atoms with Crippen LogP contribution in [0.15, 0.2) is 67.3 Å². The Morgan fingerprint density at radius 3 is 1.75 bits per heavy atom. The maximum Gasteiger partial charge on any atom is 0.244 e. The molecule has 0 aliphatic carbocycles. The van der Waals surface area contributed by atoms with Gasteiger partial charge in [0.15, 0.2) is 0 Å². The molecule has 0 saturated carbocycles. The fourth-order valence-corrected chi connectivity index (χ4v) is 3.43. The van der Waals surface area contributed by atoms with Crippen molar-refractivity contribution in [2.45, 2.75) is 65.5 Å². The summed E-state index contributed by atoms with van der Waals surface area (Å²) in [7, 11) is 0. The van der Waals surface area contributed by atoms with Crippen LogP contribution >= 0.6 is 0 Å². The van der Waals surface area contributed by atoms with Gasteiger partial charge in [-0.15, -0.1) is 0 Å². The Morgan fingerprint density at radius 2 is 1.21 bits per heavy atom. The predicted molar refractivity (Wildman–Crippen MR) is 113 cm³/mol. The summed E-state index contributed by atoms with van der Waals surface area (Å²) in [5, 5.41) is 0. The van der Waals surface area contributed by atoms with Crippen LogP contribution in [0.4, 0.5) is 0 Å². The number of imidazole rings is 1. The summed E-state index contributed by atoms with van der Waals surface area (Å²) in [5.74, 6) is 0. The molecule has 0 aliphatic rings. The summed E-state index contributed by atoms with van der Waals surface area (Å²) in [4.78, 5) is 0. The third-order valence-corrected chi connectivity index (χ3v) is 5.16. The van der Waals surface area contributed by atoms with Crippen molar-refractivity contribution in [2.75, 3.05) is 0 Å². The molecule has 1 heterocycles. The van der Waals surface area contributed by atoms with Gasteiger partial charge in [-0.05, 0) is 47.9 Å². The SMILES string of the molecule is CCCCc1ccc(Cn2cc[n+](Cc3ccc(CCCC)cc3)c2)cc1.[Cl-]. The van der Waals surface area contributed by atoms with Crippen LogP contribution in [0.1, 0.15) is 61.8 Å². The van der Waals surface area contributed by atoms with Crippen LogP contribution in [0.5, 0.6) is 0 Å². The van der Waals surface area contributed by atoms with E-state index in [1.165, 1.54) is 60.8 Å². The molecule has 150 valence electrons. The van der Waals surface area contributed by atoms with Gasteiger partial charge in [-0.2, -0.15) is 0 Å². The number of halogens is 1. The summed E-state index contributed by atoms with van der Waals surface area (Å²) in [6.07, 6.45) is 14.0. The second-order valence-electron chi connectivity index (χ2n) is 7.60. The Labute approximate surface area is 176 Å². The highest BCUT2D eigenvalue weighted by Gasteiger charge is 2.06. The van der Waals surface area contributed by atoms with Gasteiger partial charge in [0.05, 0.1) is 0 Å². The number of benzene rings is 2. The van der Waals surface area contributed by atoms with Crippen molar-refractivity contribution >= 4 is 0 Å². The molecule has 0 spiro atoms. The van der Waals surface area contributed by atoms with Crippen LogP contribution in [0.3, 0.4) is 0 Å². The predicted octanol–water partition coefficient (Wildman–Crippen LogP) is 2.56. The molecule has 3 rings (SSSR count). The van der Waals surface area contributed by atoms with Crippen LogP contribution in [0.2, 0.25) is 0 Å². The maximum atomic E-state index is 2.28. The largest absolute Gasteiger partial charge is 1.00 e. The van der Waals surface area contributed by atoms with Gasteiger partial charge in [-0.1, -0.05) is 75.2 Å². The smallest absolute Gasteiger partial charge is 0.244 e. The van der Waals surface area contributed by atoms with Gasteiger partial charge >= 0.3 is 0 Å². The van der Waals surface area contributed by atoms with Gasteiger partial charge in [-0.3, -0.25) is 0 Å². The number of hydrogen-bond acceptors (Lipinski definition) is 0. The Hall–Kier alpha value is -2.06. The van der Waals surface area contributed by atoms with Crippen LogP contribution in [0, 0.1) is 0 Å². The maximum absolute atomic E-state index is 2.28. The summed E-state index contributed by atoms with van der Waals surface area (Å²) in [5.41, 5.74) is 5.62. The molecule has 0 bridgehead atoms. The molecule has 0 amide bonds. The van der Waals surface area contributed by atoms with E-state index in [0.717, 1.165) is 13.1 Å². The fraction of sp³-hybridized carbons (Fsp3) is 0.400. The van der Waals surface area contributed by atoms with Crippen molar-refractivity contribution in [2.24, 2.45) is 0 Å². The Bertz CT molecular complexity index is 735. The number of aryl methyl sites for hydroxylation is 2. The molecular weight excluding hydrogens is 364 g/mol. The third kappa shape index (κ3) is 6.83.